The molecule has 0 bridgehead atoms. The second-order valence-corrected chi connectivity index (χ2v) is 5.70. The zero-order valence-corrected chi connectivity index (χ0v) is 13.2. The van der Waals surface area contributed by atoms with Crippen LogP contribution in [0.1, 0.15) is 29.0 Å². The van der Waals surface area contributed by atoms with Crippen molar-refractivity contribution in [3.05, 3.63) is 65.4 Å². The highest BCUT2D eigenvalue weighted by molar-refractivity contribution is 7.14. The summed E-state index contributed by atoms with van der Waals surface area (Å²) in [6.07, 6.45) is 3.27. The Balaban J connectivity index is 1.64. The van der Waals surface area contributed by atoms with Gasteiger partial charge in [0.2, 0.25) is 5.95 Å². The number of amides is 1. The number of rotatable bonds is 5. The Morgan fingerprint density at radius 1 is 1.13 bits per heavy atom. The maximum absolute atomic E-state index is 12.3. The number of aromatic nitrogens is 3. The van der Waals surface area contributed by atoms with Crippen molar-refractivity contribution >= 4 is 28.3 Å². The molecule has 0 aliphatic carbocycles. The van der Waals surface area contributed by atoms with E-state index in [-0.39, 0.29) is 11.9 Å². The van der Waals surface area contributed by atoms with Gasteiger partial charge in [0.15, 0.2) is 5.13 Å². The monoisotopic (exact) mass is 325 g/mol. The van der Waals surface area contributed by atoms with Gasteiger partial charge in [0.1, 0.15) is 5.69 Å². The minimum absolute atomic E-state index is 0.0840. The largest absolute Gasteiger partial charge is 0.344 e. The Morgan fingerprint density at radius 3 is 2.61 bits per heavy atom. The van der Waals surface area contributed by atoms with E-state index in [0.29, 0.717) is 16.8 Å². The molecular formula is C16H15N5OS. The summed E-state index contributed by atoms with van der Waals surface area (Å²) in [4.78, 5) is 24.7. The summed E-state index contributed by atoms with van der Waals surface area (Å²) in [5.41, 5.74) is 1.42. The van der Waals surface area contributed by atoms with Crippen molar-refractivity contribution in [2.24, 2.45) is 0 Å². The van der Waals surface area contributed by atoms with Gasteiger partial charge in [0.05, 0.1) is 6.04 Å². The molecule has 3 aromatic rings. The fourth-order valence-electron chi connectivity index (χ4n) is 1.99. The molecule has 6 nitrogen and oxygen atoms in total. The molecule has 0 saturated heterocycles. The number of benzene rings is 1. The lowest BCUT2D eigenvalue weighted by atomic mass is 10.1. The zero-order chi connectivity index (χ0) is 16.1. The minimum atomic E-state index is -0.209. The summed E-state index contributed by atoms with van der Waals surface area (Å²) in [5.74, 6) is 0.242. The molecule has 0 fully saturated rings. The Kier molecular flexibility index (Phi) is 4.58. The van der Waals surface area contributed by atoms with Gasteiger partial charge in [-0.25, -0.2) is 15.0 Å². The van der Waals surface area contributed by atoms with E-state index in [0.717, 1.165) is 5.56 Å². The quantitative estimate of drug-likeness (QED) is 0.753. The molecule has 0 aliphatic heterocycles. The van der Waals surface area contributed by atoms with Gasteiger partial charge in [-0.3, -0.25) is 4.79 Å². The molecule has 0 aliphatic rings. The van der Waals surface area contributed by atoms with Gasteiger partial charge in [-0.2, -0.15) is 0 Å². The first-order chi connectivity index (χ1) is 11.2. The van der Waals surface area contributed by atoms with Gasteiger partial charge >= 0.3 is 0 Å². The van der Waals surface area contributed by atoms with Crippen molar-refractivity contribution in [3.8, 4) is 0 Å². The van der Waals surface area contributed by atoms with Crippen LogP contribution < -0.4 is 10.6 Å². The molecule has 0 unspecified atom stereocenters. The summed E-state index contributed by atoms with van der Waals surface area (Å²) in [6.45, 7) is 1.94. The first-order valence-corrected chi connectivity index (χ1v) is 7.96. The number of hydrogen-bond donors (Lipinski definition) is 2. The second kappa shape index (κ2) is 6.97. The molecule has 2 heterocycles. The molecule has 1 amide bonds. The zero-order valence-electron chi connectivity index (χ0n) is 12.4. The highest BCUT2D eigenvalue weighted by atomic mass is 32.1. The Hall–Kier alpha value is -2.80. The van der Waals surface area contributed by atoms with Crippen molar-refractivity contribution in [3.63, 3.8) is 0 Å². The first-order valence-electron chi connectivity index (χ1n) is 7.08. The maximum Gasteiger partial charge on any atom is 0.271 e. The second-order valence-electron chi connectivity index (χ2n) is 4.84. The third-order valence-electron chi connectivity index (χ3n) is 3.17. The van der Waals surface area contributed by atoms with E-state index in [1.165, 1.54) is 11.3 Å². The van der Waals surface area contributed by atoms with Crippen LogP contribution in [0.25, 0.3) is 0 Å². The number of anilines is 2. The van der Waals surface area contributed by atoms with Crippen molar-refractivity contribution in [2.45, 2.75) is 13.0 Å². The Bertz CT molecular complexity index is 775. The van der Waals surface area contributed by atoms with E-state index in [4.69, 9.17) is 0 Å². The molecule has 3 rings (SSSR count). The number of hydrogen-bond acceptors (Lipinski definition) is 6. The van der Waals surface area contributed by atoms with Crippen molar-refractivity contribution in [1.29, 1.82) is 0 Å². The van der Waals surface area contributed by atoms with E-state index >= 15 is 0 Å². The minimum Gasteiger partial charge on any atom is -0.344 e. The number of thiazole rings is 1. The first kappa shape index (κ1) is 15.1. The van der Waals surface area contributed by atoms with Crippen LogP contribution >= 0.6 is 11.3 Å². The predicted molar refractivity (Wildman–Crippen MR) is 89.8 cm³/mol. The molecular weight excluding hydrogens is 310 g/mol. The molecule has 0 saturated carbocycles. The van der Waals surface area contributed by atoms with Gasteiger partial charge in [0, 0.05) is 17.8 Å². The smallest absolute Gasteiger partial charge is 0.271 e. The lowest BCUT2D eigenvalue weighted by molar-refractivity contribution is 0.0935. The average Bonchev–Trinajstić information content (AvgIpc) is 3.05. The van der Waals surface area contributed by atoms with Crippen LogP contribution in [0.2, 0.25) is 0 Å². The van der Waals surface area contributed by atoms with Crippen molar-refractivity contribution in [1.82, 2.24) is 20.3 Å². The van der Waals surface area contributed by atoms with Crippen molar-refractivity contribution < 1.29 is 4.79 Å². The third-order valence-corrected chi connectivity index (χ3v) is 3.93. The standard InChI is InChI=1S/C16H15N5OS/c1-11(12-6-3-2-4-7-12)19-14(22)13-10-23-16(20-13)21-15-17-8-5-9-18-15/h2-11H,1H3,(H,19,22)(H,17,18,20,21)/t11-/m1/s1. The third kappa shape index (κ3) is 3.89. The van der Waals surface area contributed by atoms with Gasteiger partial charge in [0.25, 0.3) is 5.91 Å². The molecule has 2 N–H and O–H groups in total. The summed E-state index contributed by atoms with van der Waals surface area (Å²) in [5, 5.41) is 8.19. The van der Waals surface area contributed by atoms with Crippen LogP contribution in [0.4, 0.5) is 11.1 Å². The molecule has 116 valence electrons. The van der Waals surface area contributed by atoms with Crippen LogP contribution in [0, 0.1) is 0 Å². The summed E-state index contributed by atoms with van der Waals surface area (Å²) < 4.78 is 0. The molecule has 1 aromatic carbocycles. The van der Waals surface area contributed by atoms with Gasteiger partial charge < -0.3 is 10.6 Å². The molecule has 0 spiro atoms. The van der Waals surface area contributed by atoms with Gasteiger partial charge in [-0.05, 0) is 18.6 Å². The maximum atomic E-state index is 12.3. The number of carbonyl (C=O) groups excluding carboxylic acids is 1. The SMILES string of the molecule is C[C@@H](NC(=O)c1csc(Nc2ncccn2)n1)c1ccccc1. The number of nitrogens with one attached hydrogen (secondary N) is 2. The van der Waals surface area contributed by atoms with Crippen molar-refractivity contribution in [2.75, 3.05) is 5.32 Å². The summed E-state index contributed by atoms with van der Waals surface area (Å²) >= 11 is 1.33. The molecule has 1 atom stereocenters. The van der Waals surface area contributed by atoms with E-state index in [1.54, 1.807) is 23.8 Å². The normalized spacial score (nSPS) is 11.7. The summed E-state index contributed by atoms with van der Waals surface area (Å²) in [6, 6.07) is 11.4. The van der Waals surface area contributed by atoms with Crippen LogP contribution in [-0.4, -0.2) is 20.9 Å². The highest BCUT2D eigenvalue weighted by Crippen LogP contribution is 2.19. The van der Waals surface area contributed by atoms with E-state index < -0.39 is 0 Å². The average molecular weight is 325 g/mol. The molecule has 0 radical (unpaired) electrons. The fraction of sp³-hybridized carbons (Fsp3) is 0.125. The van der Waals surface area contributed by atoms with E-state index in [9.17, 15) is 4.79 Å². The number of nitrogens with zero attached hydrogens (tertiary/aromatic N) is 3. The number of carbonyl (C=O) groups is 1. The lowest BCUT2D eigenvalue weighted by Crippen LogP contribution is -2.26. The van der Waals surface area contributed by atoms with Crippen LogP contribution in [0.5, 0.6) is 0 Å². The molecule has 23 heavy (non-hydrogen) atoms. The Morgan fingerprint density at radius 2 is 1.87 bits per heavy atom. The van der Waals surface area contributed by atoms with E-state index in [1.807, 2.05) is 37.3 Å². The van der Waals surface area contributed by atoms with Gasteiger partial charge in [-0.15, -0.1) is 11.3 Å². The van der Waals surface area contributed by atoms with Crippen LogP contribution in [0.3, 0.4) is 0 Å². The predicted octanol–water partition coefficient (Wildman–Crippen LogP) is 3.17. The van der Waals surface area contributed by atoms with Crippen LogP contribution in [-0.2, 0) is 0 Å². The Labute approximate surface area is 137 Å². The highest BCUT2D eigenvalue weighted by Gasteiger charge is 2.14. The summed E-state index contributed by atoms with van der Waals surface area (Å²) in [7, 11) is 0. The molecule has 2 aromatic heterocycles. The van der Waals surface area contributed by atoms with Gasteiger partial charge in [-0.1, -0.05) is 30.3 Å². The molecule has 7 heteroatoms. The topological polar surface area (TPSA) is 79.8 Å². The lowest BCUT2D eigenvalue weighted by Gasteiger charge is -2.13. The fourth-order valence-corrected chi connectivity index (χ4v) is 2.67. The van der Waals surface area contributed by atoms with E-state index in [2.05, 4.69) is 25.6 Å². The van der Waals surface area contributed by atoms with Crippen LogP contribution in [0.15, 0.2) is 54.2 Å².